The van der Waals surface area contributed by atoms with E-state index in [1.54, 1.807) is 6.07 Å². The van der Waals surface area contributed by atoms with Crippen molar-refractivity contribution in [2.45, 2.75) is 0 Å². The molecular weight excluding hydrogens is 169 g/mol. The molecule has 1 aromatic heterocycles. The molecule has 0 saturated carbocycles. The maximum atomic E-state index is 12.5. The minimum absolute atomic E-state index is 0.0643. The van der Waals surface area contributed by atoms with Gasteiger partial charge in [-0.15, -0.1) is 0 Å². The number of nitrogen functional groups attached to an aromatic ring is 1. The fourth-order valence-electron chi connectivity index (χ4n) is 0.558. The van der Waals surface area contributed by atoms with Gasteiger partial charge in [0.1, 0.15) is 11.1 Å². The van der Waals surface area contributed by atoms with Crippen LogP contribution in [0, 0.1) is 17.1 Å². The number of hydrogen-bond acceptors (Lipinski definition) is 3. The van der Waals surface area contributed by atoms with Gasteiger partial charge < -0.3 is 5.73 Å². The third-order valence-electron chi connectivity index (χ3n) is 1.11. The average molecular weight is 172 g/mol. The zero-order valence-corrected chi connectivity index (χ0v) is 6.06. The van der Waals surface area contributed by atoms with Gasteiger partial charge in [0, 0.05) is 0 Å². The van der Waals surface area contributed by atoms with Crippen molar-refractivity contribution in [3.8, 4) is 6.07 Å². The third kappa shape index (κ3) is 1.23. The molecular formula is C6H3ClFN3. The van der Waals surface area contributed by atoms with Crippen molar-refractivity contribution in [2.24, 2.45) is 0 Å². The maximum Gasteiger partial charge on any atom is 0.165 e. The van der Waals surface area contributed by atoms with Crippen LogP contribution in [-0.4, -0.2) is 4.98 Å². The van der Waals surface area contributed by atoms with E-state index in [0.717, 1.165) is 6.20 Å². The normalized spacial score (nSPS) is 9.18. The number of halogens is 2. The predicted molar refractivity (Wildman–Crippen MR) is 38.3 cm³/mol. The SMILES string of the molecule is N#Cc1ncc(F)c(N)c1Cl. The second kappa shape index (κ2) is 2.72. The molecule has 0 bridgehead atoms. The summed E-state index contributed by atoms with van der Waals surface area (Å²) in [6.07, 6.45) is 0.861. The van der Waals surface area contributed by atoms with Crippen LogP contribution in [0.1, 0.15) is 5.69 Å². The molecule has 0 aliphatic heterocycles. The van der Waals surface area contributed by atoms with Crippen LogP contribution in [0.2, 0.25) is 5.02 Å². The number of anilines is 1. The summed E-state index contributed by atoms with van der Waals surface area (Å²) in [5.74, 6) is -0.714. The molecule has 5 heteroatoms. The van der Waals surface area contributed by atoms with Crippen LogP contribution >= 0.6 is 11.6 Å². The van der Waals surface area contributed by atoms with Gasteiger partial charge in [-0.3, -0.25) is 0 Å². The minimum Gasteiger partial charge on any atom is -0.395 e. The molecule has 1 rings (SSSR count). The number of hydrogen-bond donors (Lipinski definition) is 1. The predicted octanol–water partition coefficient (Wildman–Crippen LogP) is 1.33. The molecule has 0 amide bonds. The van der Waals surface area contributed by atoms with Crippen LogP contribution in [0.25, 0.3) is 0 Å². The molecule has 56 valence electrons. The monoisotopic (exact) mass is 171 g/mol. The summed E-state index contributed by atoms with van der Waals surface area (Å²) < 4.78 is 12.5. The molecule has 0 aliphatic carbocycles. The van der Waals surface area contributed by atoms with Crippen LogP contribution in [-0.2, 0) is 0 Å². The van der Waals surface area contributed by atoms with Gasteiger partial charge in [-0.1, -0.05) is 11.6 Å². The number of aromatic nitrogens is 1. The number of nitrogens with two attached hydrogens (primary N) is 1. The third-order valence-corrected chi connectivity index (χ3v) is 1.50. The standard InChI is InChI=1S/C6H3ClFN3/c7-5-4(1-9)11-2-3(8)6(5)10/h2H,(H2,10,11). The lowest BCUT2D eigenvalue weighted by Gasteiger charge is -1.98. The van der Waals surface area contributed by atoms with Crippen LogP contribution in [0.4, 0.5) is 10.1 Å². The molecule has 0 atom stereocenters. The summed E-state index contributed by atoms with van der Waals surface area (Å²) in [4.78, 5) is 3.41. The average Bonchev–Trinajstić information content (AvgIpc) is 2.01. The zero-order valence-electron chi connectivity index (χ0n) is 5.31. The highest BCUT2D eigenvalue weighted by atomic mass is 35.5. The molecule has 11 heavy (non-hydrogen) atoms. The molecule has 0 aliphatic rings. The van der Waals surface area contributed by atoms with E-state index in [2.05, 4.69) is 4.98 Å². The Labute approximate surface area is 67.2 Å². The number of pyridine rings is 1. The second-order valence-electron chi connectivity index (χ2n) is 1.79. The Morgan fingerprint density at radius 3 is 2.91 bits per heavy atom. The largest absolute Gasteiger partial charge is 0.395 e. The summed E-state index contributed by atoms with van der Waals surface area (Å²) in [5.41, 5.74) is 4.86. The van der Waals surface area contributed by atoms with Gasteiger partial charge >= 0.3 is 0 Å². The van der Waals surface area contributed by atoms with E-state index in [-0.39, 0.29) is 16.4 Å². The van der Waals surface area contributed by atoms with Crippen molar-refractivity contribution in [3.63, 3.8) is 0 Å². The van der Waals surface area contributed by atoms with E-state index >= 15 is 0 Å². The van der Waals surface area contributed by atoms with Gasteiger partial charge in [0.25, 0.3) is 0 Å². The lowest BCUT2D eigenvalue weighted by atomic mass is 10.3. The van der Waals surface area contributed by atoms with E-state index in [9.17, 15) is 4.39 Å². The first-order chi connectivity index (χ1) is 5.16. The van der Waals surface area contributed by atoms with Crippen LogP contribution in [0.15, 0.2) is 6.20 Å². The van der Waals surface area contributed by atoms with Crippen molar-refractivity contribution in [1.82, 2.24) is 4.98 Å². The van der Waals surface area contributed by atoms with Gasteiger partial charge in [-0.05, 0) is 0 Å². The van der Waals surface area contributed by atoms with Crippen molar-refractivity contribution in [3.05, 3.63) is 22.7 Å². The Hall–Kier alpha value is -1.34. The lowest BCUT2D eigenvalue weighted by molar-refractivity contribution is 0.626. The Bertz CT molecular complexity index is 331. The van der Waals surface area contributed by atoms with Crippen LogP contribution in [0.3, 0.4) is 0 Å². The molecule has 2 N–H and O–H groups in total. The van der Waals surface area contributed by atoms with Crippen molar-refractivity contribution in [2.75, 3.05) is 5.73 Å². The first-order valence-corrected chi connectivity index (χ1v) is 3.04. The van der Waals surface area contributed by atoms with Gasteiger partial charge in [0.05, 0.1) is 11.9 Å². The Morgan fingerprint density at radius 1 is 1.73 bits per heavy atom. The zero-order chi connectivity index (χ0) is 8.43. The van der Waals surface area contributed by atoms with Crippen molar-refractivity contribution in [1.29, 1.82) is 5.26 Å². The highest BCUT2D eigenvalue weighted by molar-refractivity contribution is 6.34. The second-order valence-corrected chi connectivity index (χ2v) is 2.17. The smallest absolute Gasteiger partial charge is 0.165 e. The highest BCUT2D eigenvalue weighted by Gasteiger charge is 2.08. The summed E-state index contributed by atoms with van der Waals surface area (Å²) in [6.45, 7) is 0. The highest BCUT2D eigenvalue weighted by Crippen LogP contribution is 2.22. The van der Waals surface area contributed by atoms with E-state index in [1.807, 2.05) is 0 Å². The van der Waals surface area contributed by atoms with Crippen molar-refractivity contribution >= 4 is 17.3 Å². The summed E-state index contributed by atoms with van der Waals surface area (Å²) in [5, 5.41) is 8.23. The minimum atomic E-state index is -0.714. The topological polar surface area (TPSA) is 62.7 Å². The van der Waals surface area contributed by atoms with Gasteiger partial charge in [0.15, 0.2) is 11.5 Å². The summed E-state index contributed by atoms with van der Waals surface area (Å²) in [6, 6.07) is 1.67. The quantitative estimate of drug-likeness (QED) is 0.641. The molecule has 0 radical (unpaired) electrons. The van der Waals surface area contributed by atoms with Gasteiger partial charge in [-0.25, -0.2) is 9.37 Å². The van der Waals surface area contributed by atoms with Crippen LogP contribution in [0.5, 0.6) is 0 Å². The fourth-order valence-corrected chi connectivity index (χ4v) is 0.739. The molecule has 1 heterocycles. The first-order valence-electron chi connectivity index (χ1n) is 2.66. The Morgan fingerprint density at radius 2 is 2.36 bits per heavy atom. The summed E-state index contributed by atoms with van der Waals surface area (Å²) >= 11 is 5.45. The Balaban J connectivity index is 3.40. The van der Waals surface area contributed by atoms with Crippen molar-refractivity contribution < 1.29 is 4.39 Å². The number of nitriles is 1. The van der Waals surface area contributed by atoms with E-state index < -0.39 is 5.82 Å². The molecule has 0 unspecified atom stereocenters. The van der Waals surface area contributed by atoms with Crippen LogP contribution < -0.4 is 5.73 Å². The first kappa shape index (κ1) is 7.76. The number of rotatable bonds is 0. The Kier molecular flexibility index (Phi) is 1.92. The number of nitrogens with zero attached hydrogens (tertiary/aromatic N) is 2. The maximum absolute atomic E-state index is 12.5. The van der Waals surface area contributed by atoms with E-state index in [0.29, 0.717) is 0 Å². The molecule has 0 aromatic carbocycles. The molecule has 0 fully saturated rings. The molecule has 3 nitrogen and oxygen atoms in total. The summed E-state index contributed by atoms with van der Waals surface area (Å²) in [7, 11) is 0. The van der Waals surface area contributed by atoms with E-state index in [1.165, 1.54) is 0 Å². The molecule has 1 aromatic rings. The van der Waals surface area contributed by atoms with Gasteiger partial charge in [-0.2, -0.15) is 5.26 Å². The van der Waals surface area contributed by atoms with Gasteiger partial charge in [0.2, 0.25) is 0 Å². The molecule has 0 spiro atoms. The lowest BCUT2D eigenvalue weighted by Crippen LogP contribution is -1.96. The molecule has 0 saturated heterocycles. The van der Waals surface area contributed by atoms with E-state index in [4.69, 9.17) is 22.6 Å². The fraction of sp³-hybridized carbons (Fsp3) is 0.